The molecule has 1 fully saturated rings. The van der Waals surface area contributed by atoms with Gasteiger partial charge in [0.25, 0.3) is 0 Å². The monoisotopic (exact) mass is 560 g/mol. The van der Waals surface area contributed by atoms with Crippen LogP contribution in [0.5, 0.6) is 0 Å². The van der Waals surface area contributed by atoms with E-state index in [4.69, 9.17) is 24.5 Å². The SMILES string of the molecule is Cc1nc(CN2CCc3cnn(C)c3C2COCC2CC2)cs1.O=C(O)C(F)(F)F.O=C(O)C(F)(F)F. The molecule has 1 saturated carbocycles. The van der Waals surface area contributed by atoms with E-state index in [2.05, 4.69) is 27.3 Å². The summed E-state index contributed by atoms with van der Waals surface area (Å²) in [5, 5.41) is 22.0. The van der Waals surface area contributed by atoms with Crippen LogP contribution in [0.1, 0.15) is 40.8 Å². The Bertz CT molecular complexity index is 1030. The zero-order chi connectivity index (χ0) is 28.0. The van der Waals surface area contributed by atoms with E-state index >= 15 is 0 Å². The van der Waals surface area contributed by atoms with Crippen LogP contribution in [-0.4, -0.2) is 73.9 Å². The quantitative estimate of drug-likeness (QED) is 0.510. The summed E-state index contributed by atoms with van der Waals surface area (Å²) in [4.78, 5) is 24.9. The lowest BCUT2D eigenvalue weighted by Gasteiger charge is -2.35. The minimum atomic E-state index is -5.08. The van der Waals surface area contributed by atoms with Gasteiger partial charge in [-0.05, 0) is 37.7 Å². The van der Waals surface area contributed by atoms with E-state index in [9.17, 15) is 26.3 Å². The molecule has 3 heterocycles. The van der Waals surface area contributed by atoms with Crippen LogP contribution in [0, 0.1) is 12.8 Å². The zero-order valence-electron chi connectivity index (χ0n) is 19.8. The maximum Gasteiger partial charge on any atom is 0.490 e. The van der Waals surface area contributed by atoms with Gasteiger partial charge in [-0.1, -0.05) is 0 Å². The Labute approximate surface area is 211 Å². The molecule has 4 rings (SSSR count). The average Bonchev–Trinajstić information content (AvgIpc) is 3.40. The summed E-state index contributed by atoms with van der Waals surface area (Å²) in [6.45, 7) is 5.68. The van der Waals surface area contributed by atoms with E-state index in [1.165, 1.54) is 29.8 Å². The molecule has 37 heavy (non-hydrogen) atoms. The largest absolute Gasteiger partial charge is 0.490 e. The molecule has 16 heteroatoms. The van der Waals surface area contributed by atoms with E-state index in [1.807, 2.05) is 17.9 Å². The number of aliphatic carboxylic acids is 2. The Morgan fingerprint density at radius 2 is 1.68 bits per heavy atom. The van der Waals surface area contributed by atoms with Crippen molar-refractivity contribution in [2.45, 2.75) is 51.1 Å². The second-order valence-electron chi connectivity index (χ2n) is 8.36. The summed E-state index contributed by atoms with van der Waals surface area (Å²) in [6, 6.07) is 0.284. The standard InChI is InChI=1S/C17H24N4OS.2C2HF3O2/c1-12-19-15(11-23-12)8-21-6-5-14-7-18-20(2)17(14)16(21)10-22-9-13-3-4-13;2*3-2(4,5)1(6)7/h7,11,13,16H,3-6,8-10H2,1-2H3;2*(H,6,7). The second-order valence-corrected chi connectivity index (χ2v) is 9.42. The Balaban J connectivity index is 0.000000286. The zero-order valence-corrected chi connectivity index (χ0v) is 20.7. The van der Waals surface area contributed by atoms with Crippen LogP contribution in [0.25, 0.3) is 0 Å². The van der Waals surface area contributed by atoms with Crippen LogP contribution in [0.3, 0.4) is 0 Å². The molecule has 0 amide bonds. The van der Waals surface area contributed by atoms with Gasteiger partial charge in [-0.15, -0.1) is 11.3 Å². The van der Waals surface area contributed by atoms with E-state index in [0.29, 0.717) is 0 Å². The lowest BCUT2D eigenvalue weighted by atomic mass is 10.00. The number of hydrogen-bond acceptors (Lipinski definition) is 7. The van der Waals surface area contributed by atoms with Gasteiger partial charge in [0.2, 0.25) is 0 Å². The second kappa shape index (κ2) is 12.7. The molecule has 1 aliphatic heterocycles. The number of carboxylic acid groups (broad SMARTS) is 2. The maximum absolute atomic E-state index is 10.6. The van der Waals surface area contributed by atoms with E-state index in [0.717, 1.165) is 43.6 Å². The molecular formula is C21H26F6N4O5S. The molecule has 2 aromatic rings. The number of carbonyl (C=O) groups is 2. The van der Waals surface area contributed by atoms with Crippen molar-refractivity contribution in [2.24, 2.45) is 13.0 Å². The Morgan fingerprint density at radius 3 is 2.14 bits per heavy atom. The van der Waals surface area contributed by atoms with Crippen LogP contribution in [-0.2, 0) is 34.3 Å². The van der Waals surface area contributed by atoms with Gasteiger partial charge >= 0.3 is 24.3 Å². The van der Waals surface area contributed by atoms with Crippen LogP contribution in [0.4, 0.5) is 26.3 Å². The highest BCUT2D eigenvalue weighted by atomic mass is 32.1. The fourth-order valence-electron chi connectivity index (χ4n) is 3.40. The number of hydrogen-bond donors (Lipinski definition) is 2. The molecule has 1 atom stereocenters. The highest BCUT2D eigenvalue weighted by molar-refractivity contribution is 7.09. The number of carboxylic acids is 2. The van der Waals surface area contributed by atoms with Crippen molar-refractivity contribution in [1.82, 2.24) is 19.7 Å². The van der Waals surface area contributed by atoms with Gasteiger partial charge in [0.1, 0.15) is 0 Å². The highest BCUT2D eigenvalue weighted by Crippen LogP contribution is 2.33. The number of rotatable bonds is 6. The van der Waals surface area contributed by atoms with E-state index in [-0.39, 0.29) is 6.04 Å². The van der Waals surface area contributed by atoms with Gasteiger partial charge in [-0.2, -0.15) is 31.4 Å². The Hall–Kier alpha value is -2.72. The predicted molar refractivity (Wildman–Crippen MR) is 118 cm³/mol. The van der Waals surface area contributed by atoms with Crippen molar-refractivity contribution >= 4 is 23.3 Å². The minimum Gasteiger partial charge on any atom is -0.475 e. The van der Waals surface area contributed by atoms with Crippen LogP contribution in [0.15, 0.2) is 11.6 Å². The van der Waals surface area contributed by atoms with Gasteiger partial charge in [0.15, 0.2) is 0 Å². The minimum absolute atomic E-state index is 0.284. The molecule has 2 aromatic heterocycles. The molecule has 208 valence electrons. The number of aryl methyl sites for hydroxylation is 2. The number of fused-ring (bicyclic) bond motifs is 1. The summed E-state index contributed by atoms with van der Waals surface area (Å²) in [6.07, 6.45) is -4.41. The molecule has 0 bridgehead atoms. The van der Waals surface area contributed by atoms with Crippen molar-refractivity contribution in [3.05, 3.63) is 33.5 Å². The Kier molecular flexibility index (Phi) is 10.5. The van der Waals surface area contributed by atoms with Crippen molar-refractivity contribution in [2.75, 3.05) is 19.8 Å². The van der Waals surface area contributed by atoms with Crippen molar-refractivity contribution in [3.63, 3.8) is 0 Å². The first-order valence-corrected chi connectivity index (χ1v) is 11.8. The summed E-state index contributed by atoms with van der Waals surface area (Å²) in [5.41, 5.74) is 3.86. The lowest BCUT2D eigenvalue weighted by Crippen LogP contribution is -2.38. The molecule has 0 aromatic carbocycles. The van der Waals surface area contributed by atoms with Crippen LogP contribution < -0.4 is 0 Å². The van der Waals surface area contributed by atoms with Gasteiger partial charge in [-0.25, -0.2) is 14.6 Å². The Morgan fingerprint density at radius 1 is 1.11 bits per heavy atom. The van der Waals surface area contributed by atoms with E-state index < -0.39 is 24.3 Å². The number of aromatic nitrogens is 3. The van der Waals surface area contributed by atoms with E-state index in [1.54, 1.807) is 11.3 Å². The third-order valence-corrected chi connectivity index (χ3v) is 6.15. The maximum atomic E-state index is 10.6. The van der Waals surface area contributed by atoms with Gasteiger partial charge in [-0.3, -0.25) is 9.58 Å². The smallest absolute Gasteiger partial charge is 0.475 e. The average molecular weight is 561 g/mol. The molecule has 0 radical (unpaired) electrons. The fourth-order valence-corrected chi connectivity index (χ4v) is 4.00. The number of ether oxygens (including phenoxy) is 1. The van der Waals surface area contributed by atoms with Crippen molar-refractivity contribution in [1.29, 1.82) is 0 Å². The number of nitrogens with zero attached hydrogens (tertiary/aromatic N) is 4. The first kappa shape index (κ1) is 30.5. The molecular weight excluding hydrogens is 534 g/mol. The molecule has 1 aliphatic carbocycles. The number of thiazole rings is 1. The predicted octanol–water partition coefficient (Wildman–Crippen LogP) is 3.98. The normalized spacial score (nSPS) is 17.7. The fraction of sp³-hybridized carbons (Fsp3) is 0.619. The summed E-state index contributed by atoms with van der Waals surface area (Å²) in [5.74, 6) is -4.71. The number of halogens is 6. The first-order chi connectivity index (χ1) is 17.1. The van der Waals surface area contributed by atoms with Gasteiger partial charge in [0.05, 0.1) is 35.2 Å². The summed E-state index contributed by atoms with van der Waals surface area (Å²) < 4.78 is 71.5. The van der Waals surface area contributed by atoms with Gasteiger partial charge in [0, 0.05) is 32.1 Å². The van der Waals surface area contributed by atoms with Crippen molar-refractivity contribution < 1.29 is 50.9 Å². The van der Waals surface area contributed by atoms with Crippen LogP contribution in [0.2, 0.25) is 0 Å². The topological polar surface area (TPSA) is 118 Å². The molecule has 0 spiro atoms. The summed E-state index contributed by atoms with van der Waals surface area (Å²) in [7, 11) is 2.04. The highest BCUT2D eigenvalue weighted by Gasteiger charge is 2.39. The molecule has 2 aliphatic rings. The first-order valence-electron chi connectivity index (χ1n) is 10.9. The van der Waals surface area contributed by atoms with Crippen molar-refractivity contribution in [3.8, 4) is 0 Å². The summed E-state index contributed by atoms with van der Waals surface area (Å²) >= 11 is 1.73. The lowest BCUT2D eigenvalue weighted by molar-refractivity contribution is -0.193. The molecule has 2 N–H and O–H groups in total. The molecule has 9 nitrogen and oxygen atoms in total. The van der Waals surface area contributed by atoms with Crippen LogP contribution >= 0.6 is 11.3 Å². The third-order valence-electron chi connectivity index (χ3n) is 5.33. The van der Waals surface area contributed by atoms with Gasteiger partial charge < -0.3 is 14.9 Å². The molecule has 0 saturated heterocycles. The third kappa shape index (κ3) is 9.92. The molecule has 1 unspecified atom stereocenters. The number of alkyl halides is 6.